The minimum Gasteiger partial charge on any atom is -0.465 e. The lowest BCUT2D eigenvalue weighted by Gasteiger charge is -2.32. The molecule has 5 N–H and O–H groups in total. The van der Waals surface area contributed by atoms with Gasteiger partial charge in [-0.05, 0) is 67.2 Å². The van der Waals surface area contributed by atoms with Crippen LogP contribution in [0.15, 0.2) is 0 Å². The highest BCUT2D eigenvalue weighted by Gasteiger charge is 2.25. The second-order valence-corrected chi connectivity index (χ2v) is 18.2. The number of hydrogen-bond donors (Lipinski definition) is 5. The maximum absolute atomic E-state index is 13.4. The van der Waals surface area contributed by atoms with Gasteiger partial charge in [-0.3, -0.25) is 19.9 Å². The highest BCUT2D eigenvalue weighted by Crippen LogP contribution is 2.15. The zero-order valence-electron chi connectivity index (χ0n) is 38.9. The van der Waals surface area contributed by atoms with Gasteiger partial charge in [0, 0.05) is 26.3 Å². The van der Waals surface area contributed by atoms with Gasteiger partial charge in [-0.25, -0.2) is 15.3 Å². The van der Waals surface area contributed by atoms with E-state index in [1.807, 2.05) is 41.5 Å². The lowest BCUT2D eigenvalue weighted by atomic mass is 10.1. The Kier molecular flexibility index (Phi) is 35.3. The van der Waals surface area contributed by atoms with Crippen molar-refractivity contribution in [1.29, 1.82) is 5.41 Å². The van der Waals surface area contributed by atoms with Crippen molar-refractivity contribution in [2.45, 2.75) is 246 Å². The molecule has 0 bridgehead atoms. The molecule has 0 radical (unpaired) electrons. The van der Waals surface area contributed by atoms with E-state index in [1.165, 1.54) is 133 Å². The zero-order chi connectivity index (χ0) is 43.3. The number of ether oxygens (including phenoxy) is 2. The second-order valence-electron chi connectivity index (χ2n) is 18.2. The fourth-order valence-corrected chi connectivity index (χ4v) is 6.60. The molecule has 0 saturated heterocycles. The third kappa shape index (κ3) is 38.1. The molecular formula is C46H93N5O7. The molecule has 0 spiro atoms. The maximum Gasteiger partial charge on any atom is 0.405 e. The Hall–Kier alpha value is -2.15. The summed E-state index contributed by atoms with van der Waals surface area (Å²) in [5, 5.41) is 24.7. The van der Waals surface area contributed by atoms with Crippen molar-refractivity contribution in [3.8, 4) is 0 Å². The predicted octanol–water partition coefficient (Wildman–Crippen LogP) is 11.6. The summed E-state index contributed by atoms with van der Waals surface area (Å²) in [6.45, 7) is 17.8. The third-order valence-corrected chi connectivity index (χ3v) is 9.86. The Balaban J connectivity index is 4.96. The van der Waals surface area contributed by atoms with Gasteiger partial charge in [-0.15, -0.1) is 0 Å². The maximum atomic E-state index is 13.4. The molecule has 12 heteroatoms. The predicted molar refractivity (Wildman–Crippen MR) is 239 cm³/mol. The molecule has 0 saturated carbocycles. The number of unbranched alkanes of at least 4 members (excludes halogenated alkanes) is 22. The molecule has 0 aliphatic heterocycles. The molecule has 0 heterocycles. The van der Waals surface area contributed by atoms with E-state index in [4.69, 9.17) is 24.6 Å². The van der Waals surface area contributed by atoms with Gasteiger partial charge in [0.25, 0.3) is 0 Å². The molecule has 0 aromatic heterocycles. The van der Waals surface area contributed by atoms with E-state index in [0.29, 0.717) is 26.2 Å². The van der Waals surface area contributed by atoms with Crippen molar-refractivity contribution in [2.24, 2.45) is 0 Å². The van der Waals surface area contributed by atoms with Crippen LogP contribution in [0, 0.1) is 5.41 Å². The van der Waals surface area contributed by atoms with E-state index in [9.17, 15) is 14.7 Å². The van der Waals surface area contributed by atoms with E-state index < -0.39 is 29.2 Å². The summed E-state index contributed by atoms with van der Waals surface area (Å²) in [7, 11) is 0. The molecule has 0 aliphatic rings. The second kappa shape index (κ2) is 36.7. The third-order valence-electron chi connectivity index (χ3n) is 9.86. The highest BCUT2D eigenvalue weighted by atomic mass is 16.7. The smallest absolute Gasteiger partial charge is 0.405 e. The average Bonchev–Trinajstić information content (AvgIpc) is 3.15. The summed E-state index contributed by atoms with van der Waals surface area (Å²) in [6, 6.07) is -0.985. The fraction of sp³-hybridized carbons (Fsp3) is 0.935. The molecule has 2 atom stereocenters. The number of carboxylic acid groups (broad SMARTS) is 1. The van der Waals surface area contributed by atoms with Gasteiger partial charge >= 0.3 is 6.09 Å². The van der Waals surface area contributed by atoms with Crippen LogP contribution in [0.25, 0.3) is 0 Å². The number of hydroxylamine groups is 3. The SMILES string of the molecule is CCCCCCCCCCCCCCOCC(CNC(=O)C(CCCN(OC(C)(C)C)C(=N)NOC(C)(C)C)NC(=O)O)OCCCCCCCCCCCCCC. The van der Waals surface area contributed by atoms with Crippen molar-refractivity contribution in [2.75, 3.05) is 32.9 Å². The number of guanidine groups is 1. The molecular weight excluding hydrogens is 735 g/mol. The molecule has 0 aromatic carbocycles. The van der Waals surface area contributed by atoms with Gasteiger partial charge in [0.2, 0.25) is 11.9 Å². The van der Waals surface area contributed by atoms with E-state index in [2.05, 4.69) is 30.0 Å². The van der Waals surface area contributed by atoms with Crippen LogP contribution in [0.3, 0.4) is 0 Å². The minimum absolute atomic E-state index is 0.0892. The molecule has 58 heavy (non-hydrogen) atoms. The first-order chi connectivity index (χ1) is 27.7. The molecule has 2 amide bonds. The monoisotopic (exact) mass is 828 g/mol. The normalized spacial score (nSPS) is 13.0. The Bertz CT molecular complexity index is 988. The van der Waals surface area contributed by atoms with Gasteiger partial charge < -0.3 is 25.2 Å². The van der Waals surface area contributed by atoms with Crippen molar-refractivity contribution in [3.63, 3.8) is 0 Å². The van der Waals surface area contributed by atoms with Crippen LogP contribution >= 0.6 is 0 Å². The van der Waals surface area contributed by atoms with Crippen LogP contribution < -0.4 is 16.1 Å². The summed E-state index contributed by atoms with van der Waals surface area (Å²) >= 11 is 0. The lowest BCUT2D eigenvalue weighted by Crippen LogP contribution is -2.50. The average molecular weight is 828 g/mol. The largest absolute Gasteiger partial charge is 0.465 e. The van der Waals surface area contributed by atoms with Crippen LogP contribution in [0.1, 0.15) is 222 Å². The molecule has 344 valence electrons. The molecule has 0 aliphatic carbocycles. The summed E-state index contributed by atoms with van der Waals surface area (Å²) in [6.07, 6.45) is 29.7. The Morgan fingerprint density at radius 1 is 0.638 bits per heavy atom. The van der Waals surface area contributed by atoms with Gasteiger partial charge in [-0.1, -0.05) is 155 Å². The number of rotatable bonds is 39. The number of amides is 2. The number of hydrogen-bond acceptors (Lipinski definition) is 7. The van der Waals surface area contributed by atoms with Gasteiger partial charge in [0.15, 0.2) is 0 Å². The van der Waals surface area contributed by atoms with E-state index in [0.717, 1.165) is 25.7 Å². The quantitative estimate of drug-likeness (QED) is 0.0176. The van der Waals surface area contributed by atoms with E-state index >= 15 is 0 Å². The zero-order valence-corrected chi connectivity index (χ0v) is 38.9. The number of nitrogens with one attached hydrogen (secondary N) is 4. The molecule has 0 aromatic rings. The molecule has 2 unspecified atom stereocenters. The number of carbonyl (C=O) groups is 2. The van der Waals surface area contributed by atoms with Crippen LogP contribution in [0.4, 0.5) is 4.79 Å². The van der Waals surface area contributed by atoms with Crippen molar-refractivity contribution in [1.82, 2.24) is 21.2 Å². The van der Waals surface area contributed by atoms with Crippen molar-refractivity contribution in [3.05, 3.63) is 0 Å². The van der Waals surface area contributed by atoms with Crippen LogP contribution in [0.2, 0.25) is 0 Å². The Labute approximate surface area is 356 Å². The first kappa shape index (κ1) is 55.9. The topological polar surface area (TPSA) is 154 Å². The number of carbonyl (C=O) groups excluding carboxylic acids is 1. The Morgan fingerprint density at radius 3 is 1.52 bits per heavy atom. The molecule has 0 fully saturated rings. The van der Waals surface area contributed by atoms with Crippen LogP contribution in [-0.2, 0) is 23.9 Å². The highest BCUT2D eigenvalue weighted by molar-refractivity contribution is 5.85. The summed E-state index contributed by atoms with van der Waals surface area (Å²) in [4.78, 5) is 36.6. The minimum atomic E-state index is -1.28. The van der Waals surface area contributed by atoms with Gasteiger partial charge in [0.1, 0.15) is 6.04 Å². The fourth-order valence-electron chi connectivity index (χ4n) is 6.60. The first-order valence-electron chi connectivity index (χ1n) is 23.6. The standard InChI is InChI=1S/C46H93N5O7/c1-9-11-13-15-17-19-21-23-25-27-29-31-36-55-39-40(56-37-32-30-28-26-24-22-20-18-16-14-12-10-2)38-48-42(52)41(49-44(53)54)34-33-35-51(58-46(6,7)8)43(47)50-57-45(3,4)5/h40-41,49H,9-39H2,1-8H3,(H2,47,50)(H,48,52)(H,53,54). The molecule has 0 rings (SSSR count). The van der Waals surface area contributed by atoms with Crippen LogP contribution in [0.5, 0.6) is 0 Å². The molecule has 12 nitrogen and oxygen atoms in total. The summed E-state index contributed by atoms with van der Waals surface area (Å²) < 4.78 is 12.3. The number of nitrogens with zero attached hydrogens (tertiary/aromatic N) is 1. The van der Waals surface area contributed by atoms with Gasteiger partial charge in [0.05, 0.1) is 23.9 Å². The van der Waals surface area contributed by atoms with E-state index in [1.54, 1.807) is 0 Å². The van der Waals surface area contributed by atoms with Crippen molar-refractivity contribution < 1.29 is 33.8 Å². The first-order valence-corrected chi connectivity index (χ1v) is 23.6. The summed E-state index contributed by atoms with van der Waals surface area (Å²) in [5.74, 6) is -0.511. The van der Waals surface area contributed by atoms with Crippen LogP contribution in [-0.4, -0.2) is 84.4 Å². The summed E-state index contributed by atoms with van der Waals surface area (Å²) in [5.41, 5.74) is 1.51. The van der Waals surface area contributed by atoms with E-state index in [-0.39, 0.29) is 31.6 Å². The van der Waals surface area contributed by atoms with Crippen molar-refractivity contribution >= 4 is 18.0 Å². The Morgan fingerprint density at radius 2 is 1.09 bits per heavy atom. The lowest BCUT2D eigenvalue weighted by molar-refractivity contribution is -0.192. The van der Waals surface area contributed by atoms with Gasteiger partial charge in [-0.2, -0.15) is 0 Å².